The molecule has 0 aliphatic heterocycles. The van der Waals surface area contributed by atoms with Gasteiger partial charge in [-0.05, 0) is 35.2 Å². The van der Waals surface area contributed by atoms with E-state index in [9.17, 15) is 13.5 Å². The molecular weight excluding hydrogens is 288 g/mol. The lowest BCUT2D eigenvalue weighted by molar-refractivity contribution is 0.463. The Balaban J connectivity index is 2.28. The van der Waals surface area contributed by atoms with Gasteiger partial charge in [-0.3, -0.25) is 0 Å². The SMILES string of the molecule is CC(C)(C)c1ccc(S(=O)(=O)Oc2cccc(O)c2)cc1. The summed E-state index contributed by atoms with van der Waals surface area (Å²) >= 11 is 0. The van der Waals surface area contributed by atoms with Crippen LogP contribution < -0.4 is 4.18 Å². The van der Waals surface area contributed by atoms with Crippen LogP contribution in [0, 0.1) is 0 Å². The van der Waals surface area contributed by atoms with Gasteiger partial charge in [-0.2, -0.15) is 8.42 Å². The third-order valence-corrected chi connectivity index (χ3v) is 4.29. The fraction of sp³-hybridized carbons (Fsp3) is 0.250. The van der Waals surface area contributed by atoms with Crippen molar-refractivity contribution in [2.24, 2.45) is 0 Å². The van der Waals surface area contributed by atoms with E-state index in [2.05, 4.69) is 20.8 Å². The first-order chi connectivity index (χ1) is 9.68. The molecule has 0 amide bonds. The zero-order valence-corrected chi connectivity index (χ0v) is 13.0. The van der Waals surface area contributed by atoms with Crippen molar-refractivity contribution in [2.45, 2.75) is 31.1 Å². The van der Waals surface area contributed by atoms with Crippen LogP contribution in [-0.2, 0) is 15.5 Å². The summed E-state index contributed by atoms with van der Waals surface area (Å²) in [7, 11) is -3.90. The van der Waals surface area contributed by atoms with Crippen LogP contribution in [0.15, 0.2) is 53.4 Å². The Morgan fingerprint density at radius 3 is 2.14 bits per heavy atom. The summed E-state index contributed by atoms with van der Waals surface area (Å²) in [6, 6.07) is 12.3. The molecule has 0 saturated heterocycles. The zero-order chi connectivity index (χ0) is 15.7. The van der Waals surface area contributed by atoms with Gasteiger partial charge >= 0.3 is 10.1 Å². The lowest BCUT2D eigenvalue weighted by Crippen LogP contribution is -2.13. The van der Waals surface area contributed by atoms with Crippen LogP contribution >= 0.6 is 0 Å². The molecule has 0 heterocycles. The zero-order valence-electron chi connectivity index (χ0n) is 12.2. The maximum atomic E-state index is 12.2. The lowest BCUT2D eigenvalue weighted by atomic mass is 9.87. The molecule has 21 heavy (non-hydrogen) atoms. The molecule has 0 atom stereocenters. The first-order valence-electron chi connectivity index (χ1n) is 6.52. The summed E-state index contributed by atoms with van der Waals surface area (Å²) in [4.78, 5) is 0.0823. The molecule has 0 radical (unpaired) electrons. The molecule has 0 bridgehead atoms. The molecule has 0 aromatic heterocycles. The first-order valence-corrected chi connectivity index (χ1v) is 7.93. The third kappa shape index (κ3) is 3.76. The van der Waals surface area contributed by atoms with Gasteiger partial charge < -0.3 is 9.29 Å². The Bertz CT molecular complexity index is 726. The second-order valence-corrected chi connectivity index (χ2v) is 7.36. The van der Waals surface area contributed by atoms with Gasteiger partial charge in [-0.1, -0.05) is 39.0 Å². The Morgan fingerprint density at radius 1 is 1.00 bits per heavy atom. The Labute approximate surface area is 125 Å². The van der Waals surface area contributed by atoms with E-state index in [-0.39, 0.29) is 21.8 Å². The minimum absolute atomic E-state index is 0.0473. The molecule has 112 valence electrons. The lowest BCUT2D eigenvalue weighted by Gasteiger charge is -2.19. The fourth-order valence-corrected chi connectivity index (χ4v) is 2.75. The van der Waals surface area contributed by atoms with Crippen LogP contribution in [-0.4, -0.2) is 13.5 Å². The van der Waals surface area contributed by atoms with Crippen LogP contribution in [0.3, 0.4) is 0 Å². The summed E-state index contributed by atoms with van der Waals surface area (Å²) in [5.74, 6) is 0.0284. The highest BCUT2D eigenvalue weighted by atomic mass is 32.2. The minimum atomic E-state index is -3.90. The molecule has 4 nitrogen and oxygen atoms in total. The van der Waals surface area contributed by atoms with Crippen molar-refractivity contribution >= 4 is 10.1 Å². The highest BCUT2D eigenvalue weighted by Gasteiger charge is 2.19. The molecule has 0 fully saturated rings. The second kappa shape index (κ2) is 5.41. The summed E-state index contributed by atoms with van der Waals surface area (Å²) < 4.78 is 29.3. The minimum Gasteiger partial charge on any atom is -0.508 e. The number of rotatable bonds is 3. The number of phenolic OH excluding ortho intramolecular Hbond substituents is 1. The molecule has 2 rings (SSSR count). The van der Waals surface area contributed by atoms with Crippen LogP contribution in [0.5, 0.6) is 11.5 Å². The van der Waals surface area contributed by atoms with Crippen molar-refractivity contribution in [1.82, 2.24) is 0 Å². The van der Waals surface area contributed by atoms with Gasteiger partial charge in [0.15, 0.2) is 0 Å². The van der Waals surface area contributed by atoms with Crippen molar-refractivity contribution in [1.29, 1.82) is 0 Å². The number of aromatic hydroxyl groups is 1. The predicted octanol–water partition coefficient (Wildman–Crippen LogP) is 3.46. The van der Waals surface area contributed by atoms with E-state index in [4.69, 9.17) is 4.18 Å². The van der Waals surface area contributed by atoms with Crippen molar-refractivity contribution in [2.75, 3.05) is 0 Å². The smallest absolute Gasteiger partial charge is 0.339 e. The molecule has 2 aromatic rings. The molecule has 0 aliphatic carbocycles. The average Bonchev–Trinajstić information content (AvgIpc) is 2.37. The Kier molecular flexibility index (Phi) is 3.96. The van der Waals surface area contributed by atoms with E-state index in [1.54, 1.807) is 12.1 Å². The van der Waals surface area contributed by atoms with Crippen LogP contribution in [0.2, 0.25) is 0 Å². The Morgan fingerprint density at radius 2 is 1.62 bits per heavy atom. The second-order valence-electron chi connectivity index (χ2n) is 5.81. The molecular formula is C16H18O4S. The van der Waals surface area contributed by atoms with Crippen molar-refractivity contribution in [3.63, 3.8) is 0 Å². The van der Waals surface area contributed by atoms with Gasteiger partial charge in [0.05, 0.1) is 0 Å². The van der Waals surface area contributed by atoms with Gasteiger partial charge in [0.25, 0.3) is 0 Å². The number of hydrogen-bond donors (Lipinski definition) is 1. The van der Waals surface area contributed by atoms with E-state index >= 15 is 0 Å². The normalized spacial score (nSPS) is 12.1. The van der Waals surface area contributed by atoms with Crippen molar-refractivity contribution < 1.29 is 17.7 Å². The summed E-state index contributed by atoms with van der Waals surface area (Å²) in [6.07, 6.45) is 0. The first kappa shape index (κ1) is 15.4. The predicted molar refractivity (Wildman–Crippen MR) is 81.1 cm³/mol. The molecule has 2 aromatic carbocycles. The van der Waals surface area contributed by atoms with Gasteiger partial charge in [-0.25, -0.2) is 0 Å². The van der Waals surface area contributed by atoms with Crippen LogP contribution in [0.25, 0.3) is 0 Å². The van der Waals surface area contributed by atoms with Gasteiger partial charge in [0.1, 0.15) is 16.4 Å². The molecule has 0 aliphatic rings. The van der Waals surface area contributed by atoms with Crippen LogP contribution in [0.4, 0.5) is 0 Å². The monoisotopic (exact) mass is 306 g/mol. The molecule has 0 unspecified atom stereocenters. The summed E-state index contributed by atoms with van der Waals surface area (Å²) in [6.45, 7) is 6.17. The Hall–Kier alpha value is -2.01. The number of hydrogen-bond acceptors (Lipinski definition) is 4. The standard InChI is InChI=1S/C16H18O4S/c1-16(2,3)12-7-9-15(10-8-12)21(18,19)20-14-6-4-5-13(17)11-14/h4-11,17H,1-3H3. The largest absolute Gasteiger partial charge is 0.508 e. The van der Waals surface area contributed by atoms with E-state index in [1.807, 2.05) is 0 Å². The van der Waals surface area contributed by atoms with E-state index in [0.717, 1.165) is 5.56 Å². The maximum Gasteiger partial charge on any atom is 0.339 e. The van der Waals surface area contributed by atoms with Crippen molar-refractivity contribution in [3.8, 4) is 11.5 Å². The van der Waals surface area contributed by atoms with Crippen molar-refractivity contribution in [3.05, 3.63) is 54.1 Å². The van der Waals surface area contributed by atoms with Gasteiger partial charge in [0.2, 0.25) is 0 Å². The van der Waals surface area contributed by atoms with E-state index < -0.39 is 10.1 Å². The summed E-state index contributed by atoms with van der Waals surface area (Å²) in [5.41, 5.74) is 0.993. The number of phenols is 1. The highest BCUT2D eigenvalue weighted by molar-refractivity contribution is 7.87. The maximum absolute atomic E-state index is 12.2. The third-order valence-electron chi connectivity index (χ3n) is 3.03. The summed E-state index contributed by atoms with van der Waals surface area (Å²) in [5, 5.41) is 9.33. The van der Waals surface area contributed by atoms with Crippen LogP contribution in [0.1, 0.15) is 26.3 Å². The molecule has 0 saturated carbocycles. The number of benzene rings is 2. The fourth-order valence-electron chi connectivity index (χ4n) is 1.83. The molecule has 0 spiro atoms. The molecule has 1 N–H and O–H groups in total. The van der Waals surface area contributed by atoms with Gasteiger partial charge in [-0.15, -0.1) is 0 Å². The topological polar surface area (TPSA) is 63.6 Å². The van der Waals surface area contributed by atoms with E-state index in [1.165, 1.54) is 36.4 Å². The highest BCUT2D eigenvalue weighted by Crippen LogP contribution is 2.25. The van der Waals surface area contributed by atoms with E-state index in [0.29, 0.717) is 0 Å². The molecule has 5 heteroatoms. The quantitative estimate of drug-likeness (QED) is 0.882. The average molecular weight is 306 g/mol. The van der Waals surface area contributed by atoms with Gasteiger partial charge in [0, 0.05) is 6.07 Å².